The standard InChI is InChI=1S/C14H22BrN3O/c1-3-10-5-7-11(8-6-10)17-12-9-16-18(4-2)14(19)13(12)15/h9-11,17H,3-8H2,1-2H3. The Morgan fingerprint density at radius 3 is 2.63 bits per heavy atom. The third-order valence-corrected chi connectivity index (χ3v) is 4.83. The van der Waals surface area contributed by atoms with Crippen LogP contribution in [-0.2, 0) is 6.54 Å². The molecule has 0 radical (unpaired) electrons. The second kappa shape index (κ2) is 6.55. The van der Waals surface area contributed by atoms with E-state index in [9.17, 15) is 4.79 Å². The van der Waals surface area contributed by atoms with Crippen LogP contribution in [0.3, 0.4) is 0 Å². The van der Waals surface area contributed by atoms with Crippen LogP contribution in [0, 0.1) is 5.92 Å². The molecule has 0 amide bonds. The van der Waals surface area contributed by atoms with E-state index in [0.29, 0.717) is 17.1 Å². The van der Waals surface area contributed by atoms with Gasteiger partial charge >= 0.3 is 0 Å². The van der Waals surface area contributed by atoms with E-state index in [1.165, 1.54) is 36.8 Å². The van der Waals surface area contributed by atoms with Crippen LogP contribution in [0.4, 0.5) is 5.69 Å². The van der Waals surface area contributed by atoms with E-state index < -0.39 is 0 Å². The summed E-state index contributed by atoms with van der Waals surface area (Å²) in [5, 5.41) is 7.63. The quantitative estimate of drug-likeness (QED) is 0.921. The third-order valence-electron chi connectivity index (χ3n) is 4.07. The van der Waals surface area contributed by atoms with Crippen molar-refractivity contribution in [3.63, 3.8) is 0 Å². The average molecular weight is 328 g/mol. The van der Waals surface area contributed by atoms with E-state index in [1.54, 1.807) is 6.20 Å². The Morgan fingerprint density at radius 2 is 2.05 bits per heavy atom. The highest BCUT2D eigenvalue weighted by Crippen LogP contribution is 2.29. The SMILES string of the molecule is CCC1CCC(Nc2cnn(CC)c(=O)c2Br)CC1. The number of rotatable bonds is 4. The van der Waals surface area contributed by atoms with Crippen molar-refractivity contribution in [3.05, 3.63) is 21.0 Å². The Balaban J connectivity index is 2.04. The summed E-state index contributed by atoms with van der Waals surface area (Å²) in [7, 11) is 0. The van der Waals surface area contributed by atoms with Crippen LogP contribution in [-0.4, -0.2) is 15.8 Å². The highest BCUT2D eigenvalue weighted by Gasteiger charge is 2.21. The van der Waals surface area contributed by atoms with Gasteiger partial charge in [0.05, 0.1) is 11.9 Å². The van der Waals surface area contributed by atoms with Gasteiger partial charge in [-0.1, -0.05) is 13.3 Å². The van der Waals surface area contributed by atoms with Gasteiger partial charge < -0.3 is 5.32 Å². The molecule has 0 saturated heterocycles. The second-order valence-corrected chi connectivity index (χ2v) is 6.06. The predicted molar refractivity (Wildman–Crippen MR) is 81.5 cm³/mol. The van der Waals surface area contributed by atoms with Gasteiger partial charge in [-0.15, -0.1) is 0 Å². The van der Waals surface area contributed by atoms with E-state index in [2.05, 4.69) is 33.3 Å². The van der Waals surface area contributed by atoms with Crippen LogP contribution in [0.5, 0.6) is 0 Å². The first-order valence-corrected chi connectivity index (χ1v) is 7.97. The number of aromatic nitrogens is 2. The first kappa shape index (κ1) is 14.6. The molecule has 1 fully saturated rings. The molecule has 2 rings (SSSR count). The molecule has 0 spiro atoms. The number of aryl methyl sites for hydroxylation is 1. The van der Waals surface area contributed by atoms with E-state index in [4.69, 9.17) is 0 Å². The highest BCUT2D eigenvalue weighted by atomic mass is 79.9. The maximum Gasteiger partial charge on any atom is 0.283 e. The number of hydrogen-bond acceptors (Lipinski definition) is 3. The van der Waals surface area contributed by atoms with E-state index >= 15 is 0 Å². The maximum absolute atomic E-state index is 12.0. The van der Waals surface area contributed by atoms with Crippen molar-refractivity contribution < 1.29 is 0 Å². The van der Waals surface area contributed by atoms with Gasteiger partial charge in [0.15, 0.2) is 0 Å². The molecule has 0 aromatic carbocycles. The Kier molecular flexibility index (Phi) is 5.02. The average Bonchev–Trinajstić information content (AvgIpc) is 2.45. The minimum absolute atomic E-state index is 0.0604. The summed E-state index contributed by atoms with van der Waals surface area (Å²) >= 11 is 3.39. The molecule has 5 heteroatoms. The number of hydrogen-bond donors (Lipinski definition) is 1. The van der Waals surface area contributed by atoms with Gasteiger partial charge in [-0.2, -0.15) is 5.10 Å². The lowest BCUT2D eigenvalue weighted by atomic mass is 9.84. The predicted octanol–water partition coefficient (Wildman–Crippen LogP) is 3.41. The fraction of sp³-hybridized carbons (Fsp3) is 0.714. The molecule has 0 aliphatic heterocycles. The van der Waals surface area contributed by atoms with Crippen molar-refractivity contribution in [3.8, 4) is 0 Å². The monoisotopic (exact) mass is 327 g/mol. The van der Waals surface area contributed by atoms with Crippen LogP contribution < -0.4 is 10.9 Å². The molecule has 0 atom stereocenters. The highest BCUT2D eigenvalue weighted by molar-refractivity contribution is 9.10. The lowest BCUT2D eigenvalue weighted by molar-refractivity contribution is 0.330. The summed E-state index contributed by atoms with van der Waals surface area (Å²) < 4.78 is 2.06. The summed E-state index contributed by atoms with van der Waals surface area (Å²) in [6.45, 7) is 4.78. The molecular formula is C14H22BrN3O. The molecule has 0 bridgehead atoms. The van der Waals surface area contributed by atoms with Crippen molar-refractivity contribution in [1.29, 1.82) is 0 Å². The zero-order chi connectivity index (χ0) is 13.8. The van der Waals surface area contributed by atoms with Crippen molar-refractivity contribution in [2.75, 3.05) is 5.32 Å². The van der Waals surface area contributed by atoms with Gasteiger partial charge in [-0.05, 0) is 54.5 Å². The van der Waals surface area contributed by atoms with Crippen LogP contribution in [0.2, 0.25) is 0 Å². The van der Waals surface area contributed by atoms with Gasteiger partial charge in [-0.25, -0.2) is 4.68 Å². The van der Waals surface area contributed by atoms with Crippen LogP contribution >= 0.6 is 15.9 Å². The lowest BCUT2D eigenvalue weighted by Crippen LogP contribution is -2.29. The minimum Gasteiger partial charge on any atom is -0.380 e. The third kappa shape index (κ3) is 3.38. The smallest absolute Gasteiger partial charge is 0.283 e. The van der Waals surface area contributed by atoms with Gasteiger partial charge in [0.2, 0.25) is 0 Å². The fourth-order valence-corrected chi connectivity index (χ4v) is 3.15. The van der Waals surface area contributed by atoms with Crippen LogP contribution in [0.1, 0.15) is 46.0 Å². The Bertz CT molecular complexity index is 478. The van der Waals surface area contributed by atoms with Gasteiger partial charge in [0, 0.05) is 12.6 Å². The molecule has 106 valence electrons. The molecule has 4 nitrogen and oxygen atoms in total. The molecule has 0 unspecified atom stereocenters. The zero-order valence-corrected chi connectivity index (χ0v) is 13.2. The molecule has 1 N–H and O–H groups in total. The summed E-state index contributed by atoms with van der Waals surface area (Å²) in [5.41, 5.74) is 0.768. The molecular weight excluding hydrogens is 306 g/mol. The Labute approximate surface area is 122 Å². The number of halogens is 1. The lowest BCUT2D eigenvalue weighted by Gasteiger charge is -2.29. The Hall–Kier alpha value is -0.840. The number of anilines is 1. The Morgan fingerprint density at radius 1 is 1.37 bits per heavy atom. The van der Waals surface area contributed by atoms with E-state index in [1.807, 2.05) is 6.92 Å². The molecule has 19 heavy (non-hydrogen) atoms. The molecule has 1 heterocycles. The van der Waals surface area contributed by atoms with Crippen LogP contribution in [0.25, 0.3) is 0 Å². The summed E-state index contributed by atoms with van der Waals surface area (Å²) in [4.78, 5) is 12.0. The zero-order valence-electron chi connectivity index (χ0n) is 11.7. The van der Waals surface area contributed by atoms with Crippen molar-refractivity contribution in [2.24, 2.45) is 5.92 Å². The summed E-state index contributed by atoms with van der Waals surface area (Å²) in [5.74, 6) is 0.882. The first-order valence-electron chi connectivity index (χ1n) is 7.17. The van der Waals surface area contributed by atoms with Gasteiger partial charge in [0.25, 0.3) is 5.56 Å². The van der Waals surface area contributed by atoms with Crippen LogP contribution in [0.15, 0.2) is 15.5 Å². The largest absolute Gasteiger partial charge is 0.380 e. The first-order chi connectivity index (χ1) is 9.15. The number of nitrogens with one attached hydrogen (secondary N) is 1. The van der Waals surface area contributed by atoms with E-state index in [0.717, 1.165) is 11.6 Å². The molecule has 1 aliphatic carbocycles. The fourth-order valence-electron chi connectivity index (χ4n) is 2.73. The molecule has 1 aromatic rings. The van der Waals surface area contributed by atoms with Crippen molar-refractivity contribution >= 4 is 21.6 Å². The van der Waals surface area contributed by atoms with Crippen molar-refractivity contribution in [1.82, 2.24) is 9.78 Å². The molecule has 1 aromatic heterocycles. The normalized spacial score (nSPS) is 23.3. The van der Waals surface area contributed by atoms with E-state index in [-0.39, 0.29) is 5.56 Å². The summed E-state index contributed by atoms with van der Waals surface area (Å²) in [6, 6.07) is 0.470. The minimum atomic E-state index is -0.0604. The van der Waals surface area contributed by atoms with Crippen molar-refractivity contribution in [2.45, 2.75) is 58.5 Å². The summed E-state index contributed by atoms with van der Waals surface area (Å²) in [6.07, 6.45) is 7.96. The molecule has 1 aliphatic rings. The van der Waals surface area contributed by atoms with Gasteiger partial charge in [0.1, 0.15) is 4.47 Å². The molecule has 1 saturated carbocycles. The second-order valence-electron chi connectivity index (χ2n) is 5.26. The number of nitrogens with zero attached hydrogens (tertiary/aromatic N) is 2. The maximum atomic E-state index is 12.0. The van der Waals surface area contributed by atoms with Gasteiger partial charge in [-0.3, -0.25) is 4.79 Å². The topological polar surface area (TPSA) is 46.9 Å².